The average Bonchev–Trinajstić information content (AvgIpc) is 3.18. The minimum Gasteiger partial charge on any atom is -0.497 e. The first-order valence-electron chi connectivity index (χ1n) is 11.5. The summed E-state index contributed by atoms with van der Waals surface area (Å²) in [5.41, 5.74) is 0.702. The van der Waals surface area contributed by atoms with Gasteiger partial charge in [-0.15, -0.1) is 11.8 Å². The summed E-state index contributed by atoms with van der Waals surface area (Å²) in [6.07, 6.45) is 7.89. The molecule has 3 amide bonds. The van der Waals surface area contributed by atoms with Crippen molar-refractivity contribution in [1.29, 1.82) is 0 Å². The summed E-state index contributed by atoms with van der Waals surface area (Å²) in [6, 6.07) is 5.86. The molecule has 0 aliphatic carbocycles. The molecule has 1 aromatic rings. The summed E-state index contributed by atoms with van der Waals surface area (Å²) < 4.78 is 4.37. The Kier molecular flexibility index (Phi) is 5.72. The van der Waals surface area contributed by atoms with Gasteiger partial charge in [0.15, 0.2) is 0 Å². The van der Waals surface area contributed by atoms with Crippen molar-refractivity contribution in [2.75, 3.05) is 38.8 Å². The molecule has 8 nitrogen and oxygen atoms in total. The van der Waals surface area contributed by atoms with Gasteiger partial charge in [0.1, 0.15) is 11.8 Å². The summed E-state index contributed by atoms with van der Waals surface area (Å²) in [5.74, 6) is -1.06. The lowest BCUT2D eigenvalue weighted by atomic mass is 9.78. The van der Waals surface area contributed by atoms with Crippen LogP contribution in [0.2, 0.25) is 0 Å². The molecular weight excluding hydrogens is 454 g/mol. The summed E-state index contributed by atoms with van der Waals surface area (Å²) in [6.45, 7) is 2.33. The molecule has 1 aromatic carbocycles. The zero-order valence-electron chi connectivity index (χ0n) is 19.5. The van der Waals surface area contributed by atoms with Gasteiger partial charge in [-0.05, 0) is 31.2 Å². The monoisotopic (exact) mass is 483 g/mol. The van der Waals surface area contributed by atoms with Crippen molar-refractivity contribution in [2.24, 2.45) is 11.8 Å². The fraction of sp³-hybridized carbons (Fsp3) is 0.480. The normalized spacial score (nSPS) is 33.4. The summed E-state index contributed by atoms with van der Waals surface area (Å²) in [7, 11) is 3.33. The first kappa shape index (κ1) is 23.0. The van der Waals surface area contributed by atoms with Crippen LogP contribution in [0.15, 0.2) is 48.6 Å². The maximum Gasteiger partial charge on any atom is 0.251 e. The minimum atomic E-state index is -0.883. The van der Waals surface area contributed by atoms with Crippen LogP contribution in [0, 0.1) is 11.8 Å². The largest absolute Gasteiger partial charge is 0.497 e. The van der Waals surface area contributed by atoms with Gasteiger partial charge < -0.3 is 24.5 Å². The van der Waals surface area contributed by atoms with Crippen molar-refractivity contribution in [3.05, 3.63) is 48.6 Å². The number of likely N-dealkylation sites (N-methyl/N-ethyl adjacent to an activating group) is 1. The molecule has 180 valence electrons. The zero-order valence-corrected chi connectivity index (χ0v) is 20.3. The Balaban J connectivity index is 1.62. The van der Waals surface area contributed by atoms with Crippen LogP contribution >= 0.6 is 11.8 Å². The van der Waals surface area contributed by atoms with Gasteiger partial charge in [0.2, 0.25) is 11.8 Å². The predicted molar refractivity (Wildman–Crippen MR) is 130 cm³/mol. The van der Waals surface area contributed by atoms with Gasteiger partial charge in [0.25, 0.3) is 5.91 Å². The third-order valence-electron chi connectivity index (χ3n) is 7.42. The molecule has 4 heterocycles. The molecule has 1 spiro atoms. The number of hydrogen-bond donors (Lipinski definition) is 1. The highest BCUT2D eigenvalue weighted by Crippen LogP contribution is 2.61. The van der Waals surface area contributed by atoms with E-state index in [-0.39, 0.29) is 29.6 Å². The molecule has 4 aliphatic heterocycles. The average molecular weight is 484 g/mol. The molecule has 0 bridgehead atoms. The standard InChI is InChI=1S/C25H29N3O5S/c1-15(14-29)28-21-24(32)27(16-7-9-17(33-3)10-8-16)13-5-11-25(21)20(23(28)31)19-18(34-25)6-4-12-26(2)22(19)30/h4-11,15,18-21,29H,12-14H2,1-3H3/t15-,18-,19+,20+,21?,25+/m1/s1. The third kappa shape index (κ3) is 3.20. The highest BCUT2D eigenvalue weighted by molar-refractivity contribution is 8.02. The molecule has 4 aliphatic rings. The third-order valence-corrected chi connectivity index (χ3v) is 9.17. The number of anilines is 1. The lowest BCUT2D eigenvalue weighted by Crippen LogP contribution is -2.56. The number of nitrogens with zero attached hydrogens (tertiary/aromatic N) is 3. The first-order chi connectivity index (χ1) is 16.3. The predicted octanol–water partition coefficient (Wildman–Crippen LogP) is 1.30. The highest BCUT2D eigenvalue weighted by Gasteiger charge is 2.71. The van der Waals surface area contributed by atoms with E-state index in [0.717, 1.165) is 0 Å². The molecule has 9 heteroatoms. The van der Waals surface area contributed by atoms with Crippen LogP contribution < -0.4 is 9.64 Å². The number of aliphatic hydroxyl groups excluding tert-OH is 1. The molecule has 0 aromatic heterocycles. The van der Waals surface area contributed by atoms with Crippen LogP contribution in [0.1, 0.15) is 6.92 Å². The van der Waals surface area contributed by atoms with Crippen LogP contribution in [0.25, 0.3) is 0 Å². The number of aliphatic hydroxyl groups is 1. The number of fused-ring (bicyclic) bond motifs is 2. The van der Waals surface area contributed by atoms with Crippen LogP contribution in [0.4, 0.5) is 5.69 Å². The molecule has 1 unspecified atom stereocenters. The van der Waals surface area contributed by atoms with E-state index < -0.39 is 28.7 Å². The van der Waals surface area contributed by atoms with E-state index in [2.05, 4.69) is 0 Å². The van der Waals surface area contributed by atoms with E-state index in [4.69, 9.17) is 4.74 Å². The van der Waals surface area contributed by atoms with Crippen LogP contribution in [0.3, 0.4) is 0 Å². The quantitative estimate of drug-likeness (QED) is 0.650. The second kappa shape index (κ2) is 8.46. The molecule has 2 fully saturated rings. The Morgan fingerprint density at radius 3 is 2.53 bits per heavy atom. The highest BCUT2D eigenvalue weighted by atomic mass is 32.2. The number of likely N-dealkylation sites (tertiary alicyclic amines) is 1. The number of carbonyl (C=O) groups excluding carboxylic acids is 3. The molecular formula is C25H29N3O5S. The number of ether oxygens (including phenoxy) is 1. The van der Waals surface area contributed by atoms with E-state index in [1.807, 2.05) is 36.4 Å². The number of amides is 3. The van der Waals surface area contributed by atoms with E-state index in [0.29, 0.717) is 24.5 Å². The zero-order chi connectivity index (χ0) is 24.2. The number of methoxy groups -OCH3 is 1. The maximum absolute atomic E-state index is 14.2. The van der Waals surface area contributed by atoms with E-state index >= 15 is 0 Å². The van der Waals surface area contributed by atoms with Crippen molar-refractivity contribution >= 4 is 35.2 Å². The van der Waals surface area contributed by atoms with Crippen LogP contribution in [-0.2, 0) is 14.4 Å². The fourth-order valence-electron chi connectivity index (χ4n) is 5.76. The topological polar surface area (TPSA) is 90.4 Å². The second-order valence-corrected chi connectivity index (χ2v) is 10.8. The molecule has 2 saturated heterocycles. The molecule has 0 saturated carbocycles. The Morgan fingerprint density at radius 2 is 1.85 bits per heavy atom. The Labute approximate surface area is 203 Å². The van der Waals surface area contributed by atoms with Crippen molar-refractivity contribution < 1.29 is 24.2 Å². The van der Waals surface area contributed by atoms with Crippen LogP contribution in [0.5, 0.6) is 5.75 Å². The number of rotatable bonds is 4. The van der Waals surface area contributed by atoms with Crippen molar-refractivity contribution in [1.82, 2.24) is 9.80 Å². The SMILES string of the molecule is COc1ccc(N2CC=C[C@]34S[C@@H]5C=CCN(C)C(=O)[C@@H]5[C@H]3C(=O)N([C@H](C)CO)C4C2=O)cc1. The van der Waals surface area contributed by atoms with Crippen molar-refractivity contribution in [2.45, 2.75) is 29.0 Å². The Hall–Kier alpha value is -2.78. The van der Waals surface area contributed by atoms with Gasteiger partial charge in [0.05, 0.1) is 36.3 Å². The van der Waals surface area contributed by atoms with E-state index in [1.54, 1.807) is 43.0 Å². The lowest BCUT2D eigenvalue weighted by Gasteiger charge is -2.37. The van der Waals surface area contributed by atoms with Gasteiger partial charge in [-0.3, -0.25) is 14.4 Å². The van der Waals surface area contributed by atoms with Gasteiger partial charge in [-0.2, -0.15) is 0 Å². The number of thioether (sulfide) groups is 1. The fourth-order valence-corrected chi connectivity index (χ4v) is 7.75. The number of benzene rings is 1. The molecule has 0 radical (unpaired) electrons. The van der Waals surface area contributed by atoms with E-state index in [9.17, 15) is 19.5 Å². The van der Waals surface area contributed by atoms with Gasteiger partial charge in [0, 0.05) is 31.1 Å². The van der Waals surface area contributed by atoms with Crippen LogP contribution in [-0.4, -0.2) is 88.6 Å². The smallest absolute Gasteiger partial charge is 0.251 e. The Bertz CT molecular complexity index is 1070. The summed E-state index contributed by atoms with van der Waals surface area (Å²) in [5, 5.41) is 9.80. The molecule has 5 rings (SSSR count). The number of hydrogen-bond acceptors (Lipinski definition) is 6. The second-order valence-electron chi connectivity index (χ2n) is 9.32. The van der Waals surface area contributed by atoms with E-state index in [1.165, 1.54) is 16.7 Å². The molecule has 1 N–H and O–H groups in total. The minimum absolute atomic E-state index is 0.0768. The van der Waals surface area contributed by atoms with Crippen molar-refractivity contribution in [3.8, 4) is 5.75 Å². The summed E-state index contributed by atoms with van der Waals surface area (Å²) >= 11 is 1.54. The number of carbonyl (C=O) groups is 3. The molecule has 6 atom stereocenters. The van der Waals surface area contributed by atoms with Crippen molar-refractivity contribution in [3.63, 3.8) is 0 Å². The van der Waals surface area contributed by atoms with Gasteiger partial charge in [-0.1, -0.05) is 24.3 Å². The lowest BCUT2D eigenvalue weighted by molar-refractivity contribution is -0.143. The first-order valence-corrected chi connectivity index (χ1v) is 12.4. The maximum atomic E-state index is 14.2. The van der Waals surface area contributed by atoms with Gasteiger partial charge in [-0.25, -0.2) is 0 Å². The summed E-state index contributed by atoms with van der Waals surface area (Å²) in [4.78, 5) is 46.3. The van der Waals surface area contributed by atoms with Gasteiger partial charge >= 0.3 is 0 Å². The Morgan fingerprint density at radius 1 is 1.12 bits per heavy atom. The molecule has 34 heavy (non-hydrogen) atoms.